The molecule has 2 rings (SSSR count). The van der Waals surface area contributed by atoms with Crippen molar-refractivity contribution in [3.8, 4) is 5.75 Å². The molecule has 0 spiro atoms. The molecule has 1 atom stereocenters. The molecule has 1 unspecified atom stereocenters. The summed E-state index contributed by atoms with van der Waals surface area (Å²) in [4.78, 5) is 4.39. The van der Waals surface area contributed by atoms with E-state index in [1.165, 1.54) is 0 Å². The van der Waals surface area contributed by atoms with Crippen LogP contribution in [0.3, 0.4) is 0 Å². The van der Waals surface area contributed by atoms with Crippen LogP contribution in [0.5, 0.6) is 5.75 Å². The van der Waals surface area contributed by atoms with Crippen molar-refractivity contribution in [1.82, 2.24) is 4.98 Å². The van der Waals surface area contributed by atoms with Gasteiger partial charge in [0, 0.05) is 5.69 Å². The maximum atomic E-state index is 9.31. The third-order valence-electron chi connectivity index (χ3n) is 2.79. The molecule has 1 heterocycles. The molecule has 0 saturated carbocycles. The zero-order valence-electron chi connectivity index (χ0n) is 11.3. The lowest BCUT2D eigenvalue weighted by Gasteiger charge is -2.08. The summed E-state index contributed by atoms with van der Waals surface area (Å²) < 4.78 is 5.68. The monoisotopic (exact) mass is 257 g/mol. The highest BCUT2D eigenvalue weighted by atomic mass is 16.5. The number of ether oxygens (including phenoxy) is 1. The molecule has 1 N–H and O–H groups in total. The van der Waals surface area contributed by atoms with Crippen LogP contribution in [0.4, 0.5) is 0 Å². The molecular weight excluding hydrogens is 238 g/mol. The minimum atomic E-state index is -0.316. The van der Waals surface area contributed by atoms with Crippen LogP contribution in [0.2, 0.25) is 0 Å². The van der Waals surface area contributed by atoms with Gasteiger partial charge in [0.2, 0.25) is 0 Å². The summed E-state index contributed by atoms with van der Waals surface area (Å²) in [6.45, 7) is 4.22. The molecule has 3 nitrogen and oxygen atoms in total. The Morgan fingerprint density at radius 1 is 1.16 bits per heavy atom. The van der Waals surface area contributed by atoms with E-state index in [1.807, 2.05) is 49.4 Å². The highest BCUT2D eigenvalue weighted by Crippen LogP contribution is 2.15. The van der Waals surface area contributed by atoms with Crippen LogP contribution in [-0.2, 0) is 13.0 Å². The van der Waals surface area contributed by atoms with Gasteiger partial charge in [0.25, 0.3) is 0 Å². The Labute approximate surface area is 113 Å². The first-order valence-corrected chi connectivity index (χ1v) is 6.46. The zero-order chi connectivity index (χ0) is 13.7. The zero-order valence-corrected chi connectivity index (χ0v) is 11.3. The molecule has 19 heavy (non-hydrogen) atoms. The van der Waals surface area contributed by atoms with Gasteiger partial charge in [0.1, 0.15) is 12.4 Å². The van der Waals surface area contributed by atoms with Crippen molar-refractivity contribution < 1.29 is 9.84 Å². The molecule has 1 aromatic carbocycles. The highest BCUT2D eigenvalue weighted by Gasteiger charge is 2.01. The van der Waals surface area contributed by atoms with Crippen molar-refractivity contribution in [1.29, 1.82) is 0 Å². The van der Waals surface area contributed by atoms with Gasteiger partial charge in [0.05, 0.1) is 11.8 Å². The average Bonchev–Trinajstić information content (AvgIpc) is 2.37. The van der Waals surface area contributed by atoms with Crippen LogP contribution in [0, 0.1) is 6.92 Å². The molecule has 1 aromatic heterocycles. The fourth-order valence-corrected chi connectivity index (χ4v) is 1.90. The third kappa shape index (κ3) is 4.38. The first kappa shape index (κ1) is 13.6. The Balaban J connectivity index is 1.93. The van der Waals surface area contributed by atoms with Crippen molar-refractivity contribution in [2.45, 2.75) is 33.0 Å². The maximum Gasteiger partial charge on any atom is 0.130 e. The van der Waals surface area contributed by atoms with Crippen molar-refractivity contribution in [3.05, 3.63) is 59.4 Å². The van der Waals surface area contributed by atoms with Crippen molar-refractivity contribution in [2.75, 3.05) is 0 Å². The lowest BCUT2D eigenvalue weighted by molar-refractivity contribution is 0.195. The van der Waals surface area contributed by atoms with Crippen molar-refractivity contribution in [3.63, 3.8) is 0 Å². The normalized spacial score (nSPS) is 12.2. The molecule has 0 radical (unpaired) electrons. The van der Waals surface area contributed by atoms with E-state index < -0.39 is 0 Å². The van der Waals surface area contributed by atoms with Gasteiger partial charge in [-0.05, 0) is 50.1 Å². The van der Waals surface area contributed by atoms with Gasteiger partial charge in [0.15, 0.2) is 0 Å². The molecule has 0 aliphatic heterocycles. The van der Waals surface area contributed by atoms with E-state index >= 15 is 0 Å². The van der Waals surface area contributed by atoms with Gasteiger partial charge in [-0.2, -0.15) is 0 Å². The summed E-state index contributed by atoms with van der Waals surface area (Å²) in [5.41, 5.74) is 3.03. The number of nitrogens with zero attached hydrogens (tertiary/aromatic N) is 1. The summed E-state index contributed by atoms with van der Waals surface area (Å²) in [6, 6.07) is 13.7. The lowest BCUT2D eigenvalue weighted by atomic mass is 10.1. The second-order valence-electron chi connectivity index (χ2n) is 4.76. The van der Waals surface area contributed by atoms with E-state index in [-0.39, 0.29) is 6.10 Å². The Morgan fingerprint density at radius 2 is 1.89 bits per heavy atom. The van der Waals surface area contributed by atoms with Crippen LogP contribution in [0.15, 0.2) is 42.5 Å². The number of benzene rings is 1. The number of pyridine rings is 1. The van der Waals surface area contributed by atoms with Gasteiger partial charge in [-0.15, -0.1) is 0 Å². The predicted molar refractivity (Wildman–Crippen MR) is 75.1 cm³/mol. The number of hydrogen-bond acceptors (Lipinski definition) is 3. The van der Waals surface area contributed by atoms with Crippen LogP contribution < -0.4 is 4.74 Å². The van der Waals surface area contributed by atoms with Crippen molar-refractivity contribution >= 4 is 0 Å². The van der Waals surface area contributed by atoms with Crippen LogP contribution >= 0.6 is 0 Å². The van der Waals surface area contributed by atoms with Gasteiger partial charge in [-0.1, -0.05) is 18.2 Å². The summed E-state index contributed by atoms with van der Waals surface area (Å²) in [7, 11) is 0. The third-order valence-corrected chi connectivity index (χ3v) is 2.79. The number of aryl methyl sites for hydroxylation is 1. The van der Waals surface area contributed by atoms with Gasteiger partial charge < -0.3 is 9.84 Å². The number of aromatic nitrogens is 1. The molecule has 0 saturated heterocycles. The fraction of sp³-hybridized carbons (Fsp3) is 0.312. The quantitative estimate of drug-likeness (QED) is 0.895. The molecule has 100 valence electrons. The number of rotatable bonds is 5. The Bertz CT molecular complexity index is 521. The van der Waals surface area contributed by atoms with E-state index in [2.05, 4.69) is 4.98 Å². The number of aliphatic hydroxyl groups excluding tert-OH is 1. The summed E-state index contributed by atoms with van der Waals surface area (Å²) in [6.07, 6.45) is 0.350. The van der Waals surface area contributed by atoms with Gasteiger partial charge in [-0.25, -0.2) is 0 Å². The summed E-state index contributed by atoms with van der Waals surface area (Å²) in [5.74, 6) is 0.817. The van der Waals surface area contributed by atoms with E-state index in [0.717, 1.165) is 22.7 Å². The first-order valence-electron chi connectivity index (χ1n) is 6.46. The van der Waals surface area contributed by atoms with Crippen LogP contribution in [0.1, 0.15) is 23.9 Å². The van der Waals surface area contributed by atoms with E-state index in [9.17, 15) is 5.11 Å². The minimum Gasteiger partial charge on any atom is -0.487 e. The SMILES string of the molecule is Cc1cccc(COc2ccc(CC(C)O)cc2)n1. The average molecular weight is 257 g/mol. The van der Waals surface area contributed by atoms with E-state index in [4.69, 9.17) is 4.74 Å². The smallest absolute Gasteiger partial charge is 0.130 e. The molecule has 2 aromatic rings. The van der Waals surface area contributed by atoms with Crippen molar-refractivity contribution in [2.24, 2.45) is 0 Å². The Hall–Kier alpha value is -1.87. The van der Waals surface area contributed by atoms with Gasteiger partial charge in [-0.3, -0.25) is 4.98 Å². The maximum absolute atomic E-state index is 9.31. The predicted octanol–water partition coefficient (Wildman–Crippen LogP) is 2.89. The van der Waals surface area contributed by atoms with Crippen LogP contribution in [0.25, 0.3) is 0 Å². The second kappa shape index (κ2) is 6.34. The highest BCUT2D eigenvalue weighted by molar-refractivity contribution is 5.27. The number of aliphatic hydroxyl groups is 1. The topological polar surface area (TPSA) is 42.4 Å². The minimum absolute atomic E-state index is 0.316. The van der Waals surface area contributed by atoms with E-state index in [0.29, 0.717) is 13.0 Å². The number of hydrogen-bond donors (Lipinski definition) is 1. The molecule has 3 heteroatoms. The standard InChI is InChI=1S/C16H19NO2/c1-12-4-3-5-15(17-12)11-19-16-8-6-14(7-9-16)10-13(2)18/h3-9,13,18H,10-11H2,1-2H3. The first-order chi connectivity index (χ1) is 9.13. The molecule has 0 aliphatic carbocycles. The molecule has 0 amide bonds. The van der Waals surface area contributed by atoms with Gasteiger partial charge >= 0.3 is 0 Å². The van der Waals surface area contributed by atoms with E-state index in [1.54, 1.807) is 6.92 Å². The van der Waals surface area contributed by atoms with Crippen LogP contribution in [-0.4, -0.2) is 16.2 Å². The Morgan fingerprint density at radius 3 is 2.53 bits per heavy atom. The molecule has 0 aliphatic rings. The largest absolute Gasteiger partial charge is 0.487 e. The molecule has 0 fully saturated rings. The summed E-state index contributed by atoms with van der Waals surface area (Å²) in [5, 5.41) is 9.31. The summed E-state index contributed by atoms with van der Waals surface area (Å²) >= 11 is 0. The second-order valence-corrected chi connectivity index (χ2v) is 4.76. The molecule has 0 bridgehead atoms. The lowest BCUT2D eigenvalue weighted by Crippen LogP contribution is -2.04. The molecular formula is C16H19NO2. The Kier molecular flexibility index (Phi) is 4.53. The fourth-order valence-electron chi connectivity index (χ4n) is 1.90.